The molecule has 0 aromatic heterocycles. The van der Waals surface area contributed by atoms with Crippen molar-refractivity contribution < 1.29 is 18.3 Å². The van der Waals surface area contributed by atoms with Gasteiger partial charge in [0.15, 0.2) is 0 Å². The van der Waals surface area contributed by atoms with Gasteiger partial charge < -0.3 is 10.4 Å². The number of aromatic hydroxyl groups is 1. The van der Waals surface area contributed by atoms with E-state index in [0.717, 1.165) is 28.6 Å². The maximum Gasteiger partial charge on any atom is 0.416 e. The predicted molar refractivity (Wildman–Crippen MR) is 113 cm³/mol. The molecule has 3 nitrogen and oxygen atoms in total. The molecule has 3 aromatic carbocycles. The average molecular weight is 463 g/mol. The Kier molecular flexibility index (Phi) is 6.59. The number of phenols is 1. The van der Waals surface area contributed by atoms with E-state index in [1.54, 1.807) is 12.1 Å². The molecule has 3 aromatic rings. The van der Waals surface area contributed by atoms with E-state index in [1.807, 2.05) is 30.3 Å². The molecule has 0 aliphatic heterocycles. The zero-order valence-electron chi connectivity index (χ0n) is 15.2. The molecule has 0 bridgehead atoms. The minimum Gasteiger partial charge on any atom is -0.507 e. The molecule has 7 heteroatoms. The second-order valence-electron chi connectivity index (χ2n) is 6.35. The lowest BCUT2D eigenvalue weighted by Gasteiger charge is -2.13. The Morgan fingerprint density at radius 1 is 1.00 bits per heavy atom. The number of rotatable bonds is 6. The van der Waals surface area contributed by atoms with Crippen LogP contribution in [0, 0.1) is 0 Å². The minimum absolute atomic E-state index is 0.0116. The molecule has 150 valence electrons. The molecule has 0 atom stereocenters. The second-order valence-corrected chi connectivity index (χ2v) is 7.27. The highest BCUT2D eigenvalue weighted by Gasteiger charge is 2.31. The van der Waals surface area contributed by atoms with Crippen molar-refractivity contribution in [1.29, 1.82) is 0 Å². The lowest BCUT2D eigenvalue weighted by Crippen LogP contribution is -2.08. The van der Waals surface area contributed by atoms with E-state index in [2.05, 4.69) is 26.2 Å². The monoisotopic (exact) mass is 462 g/mol. The first-order valence-electron chi connectivity index (χ1n) is 8.84. The van der Waals surface area contributed by atoms with E-state index in [0.29, 0.717) is 17.8 Å². The van der Waals surface area contributed by atoms with E-state index >= 15 is 0 Å². The number of halogens is 4. The van der Waals surface area contributed by atoms with Gasteiger partial charge in [0.2, 0.25) is 0 Å². The van der Waals surface area contributed by atoms with Crippen molar-refractivity contribution in [1.82, 2.24) is 0 Å². The van der Waals surface area contributed by atoms with Crippen molar-refractivity contribution in [2.24, 2.45) is 4.99 Å². The molecule has 0 heterocycles. The molecule has 0 saturated carbocycles. The van der Waals surface area contributed by atoms with Crippen LogP contribution in [-0.4, -0.2) is 17.9 Å². The smallest absolute Gasteiger partial charge is 0.416 e. The summed E-state index contributed by atoms with van der Waals surface area (Å²) in [5.74, 6) is -0.0116. The summed E-state index contributed by atoms with van der Waals surface area (Å²) in [6, 6.07) is 18.0. The number of hydrogen-bond donors (Lipinski definition) is 2. The van der Waals surface area contributed by atoms with Gasteiger partial charge in [-0.3, -0.25) is 4.99 Å². The largest absolute Gasteiger partial charge is 0.507 e. The van der Waals surface area contributed by atoms with Crippen molar-refractivity contribution in [3.05, 3.63) is 87.9 Å². The van der Waals surface area contributed by atoms with Crippen LogP contribution in [0.2, 0.25) is 0 Å². The van der Waals surface area contributed by atoms with Crippen LogP contribution >= 0.6 is 15.9 Å². The molecular formula is C22H18BrF3N2O. The second kappa shape index (κ2) is 9.13. The van der Waals surface area contributed by atoms with E-state index < -0.39 is 11.7 Å². The molecule has 0 saturated heterocycles. The van der Waals surface area contributed by atoms with Crippen LogP contribution in [-0.2, 0) is 12.6 Å². The van der Waals surface area contributed by atoms with Crippen molar-refractivity contribution in [2.45, 2.75) is 12.6 Å². The first-order valence-corrected chi connectivity index (χ1v) is 9.64. The summed E-state index contributed by atoms with van der Waals surface area (Å²) < 4.78 is 40.1. The zero-order valence-corrected chi connectivity index (χ0v) is 16.8. The van der Waals surface area contributed by atoms with Gasteiger partial charge in [-0.15, -0.1) is 0 Å². The summed E-state index contributed by atoms with van der Waals surface area (Å²) in [6.45, 7) is 0.542. The van der Waals surface area contributed by atoms with Gasteiger partial charge >= 0.3 is 6.18 Å². The average Bonchev–Trinajstić information content (AvgIpc) is 2.69. The normalized spacial score (nSPS) is 11.7. The number of anilines is 1. The third kappa shape index (κ3) is 5.84. The summed E-state index contributed by atoms with van der Waals surface area (Å²) in [7, 11) is 0. The summed E-state index contributed by atoms with van der Waals surface area (Å²) in [5, 5.41) is 13.1. The Morgan fingerprint density at radius 3 is 2.48 bits per heavy atom. The highest BCUT2D eigenvalue weighted by atomic mass is 79.9. The number of benzene rings is 3. The summed E-state index contributed by atoms with van der Waals surface area (Å²) in [5.41, 5.74) is 1.37. The number of hydrogen-bond acceptors (Lipinski definition) is 3. The molecule has 0 spiro atoms. The fourth-order valence-electron chi connectivity index (χ4n) is 2.72. The number of aliphatic imine (C=N–C) groups is 1. The van der Waals surface area contributed by atoms with Crippen LogP contribution in [0.3, 0.4) is 0 Å². The molecule has 0 aliphatic carbocycles. The quantitative estimate of drug-likeness (QED) is 0.406. The zero-order chi connectivity index (χ0) is 20.9. The number of nitrogens with zero attached hydrogens (tertiary/aromatic N) is 1. The third-order valence-electron chi connectivity index (χ3n) is 4.23. The summed E-state index contributed by atoms with van der Waals surface area (Å²) in [6.07, 6.45) is -2.40. The first-order chi connectivity index (χ1) is 13.8. The van der Waals surface area contributed by atoms with E-state index in [4.69, 9.17) is 0 Å². The number of nitrogens with one attached hydrogen (secondary N) is 1. The van der Waals surface area contributed by atoms with Crippen LogP contribution in [0.25, 0.3) is 0 Å². The van der Waals surface area contributed by atoms with Gasteiger partial charge in [0.25, 0.3) is 0 Å². The van der Waals surface area contributed by atoms with Gasteiger partial charge in [-0.05, 0) is 48.4 Å². The summed E-state index contributed by atoms with van der Waals surface area (Å²) in [4.78, 5) is 4.21. The molecule has 29 heavy (non-hydrogen) atoms. The van der Waals surface area contributed by atoms with E-state index in [-0.39, 0.29) is 11.4 Å². The van der Waals surface area contributed by atoms with Crippen LogP contribution in [0.15, 0.2) is 76.2 Å². The minimum atomic E-state index is -4.47. The van der Waals surface area contributed by atoms with Gasteiger partial charge in [0.1, 0.15) is 5.75 Å². The lowest BCUT2D eigenvalue weighted by molar-refractivity contribution is -0.137. The van der Waals surface area contributed by atoms with Crippen LogP contribution in [0.4, 0.5) is 24.5 Å². The fraction of sp³-hybridized carbons (Fsp3) is 0.136. The van der Waals surface area contributed by atoms with Crippen LogP contribution in [0.1, 0.15) is 16.7 Å². The Morgan fingerprint density at radius 2 is 1.76 bits per heavy atom. The summed E-state index contributed by atoms with van der Waals surface area (Å²) >= 11 is 3.30. The van der Waals surface area contributed by atoms with Gasteiger partial charge in [0, 0.05) is 22.8 Å². The van der Waals surface area contributed by atoms with Crippen LogP contribution < -0.4 is 5.32 Å². The van der Waals surface area contributed by atoms with Crippen molar-refractivity contribution in [3.8, 4) is 5.75 Å². The van der Waals surface area contributed by atoms with Crippen molar-refractivity contribution in [3.63, 3.8) is 0 Å². The topological polar surface area (TPSA) is 44.6 Å². The molecular weight excluding hydrogens is 445 g/mol. The molecule has 0 fully saturated rings. The lowest BCUT2D eigenvalue weighted by atomic mass is 10.1. The number of alkyl halides is 3. The Labute approximate surface area is 175 Å². The number of phenolic OH excluding ortho intramolecular Hbond substituents is 1. The van der Waals surface area contributed by atoms with E-state index in [9.17, 15) is 18.3 Å². The maximum atomic E-state index is 13.1. The standard InChI is InChI=1S/C22H18BrF3N2O/c23-18-7-9-21(29)16(12-18)14-28-20-13-17(22(24,25)26)6-8-19(20)27-11-10-15-4-2-1-3-5-15/h1-9,12-14,27,29H,10-11H2. The van der Waals surface area contributed by atoms with Gasteiger partial charge in [-0.25, -0.2) is 0 Å². The SMILES string of the molecule is Oc1ccc(Br)cc1C=Nc1cc(C(F)(F)F)ccc1NCCc1ccccc1. The Balaban J connectivity index is 1.85. The third-order valence-corrected chi connectivity index (χ3v) is 4.72. The molecule has 0 radical (unpaired) electrons. The molecule has 0 aliphatic rings. The fourth-order valence-corrected chi connectivity index (χ4v) is 3.10. The molecule has 3 rings (SSSR count). The van der Waals surface area contributed by atoms with Crippen molar-refractivity contribution >= 4 is 33.5 Å². The Hall–Kier alpha value is -2.80. The van der Waals surface area contributed by atoms with Gasteiger partial charge in [-0.2, -0.15) is 13.2 Å². The maximum absolute atomic E-state index is 13.1. The Bertz CT molecular complexity index is 1000. The molecule has 0 unspecified atom stereocenters. The highest BCUT2D eigenvalue weighted by Crippen LogP contribution is 2.35. The molecule has 0 amide bonds. The first kappa shape index (κ1) is 20.9. The predicted octanol–water partition coefficient (Wildman–Crippen LogP) is 6.58. The molecule has 2 N–H and O–H groups in total. The van der Waals surface area contributed by atoms with Crippen LogP contribution in [0.5, 0.6) is 5.75 Å². The van der Waals surface area contributed by atoms with E-state index in [1.165, 1.54) is 18.3 Å². The van der Waals surface area contributed by atoms with Gasteiger partial charge in [0.05, 0.1) is 16.9 Å². The van der Waals surface area contributed by atoms with Gasteiger partial charge in [-0.1, -0.05) is 46.3 Å². The van der Waals surface area contributed by atoms with Crippen molar-refractivity contribution in [2.75, 3.05) is 11.9 Å². The highest BCUT2D eigenvalue weighted by molar-refractivity contribution is 9.10.